The third-order valence-electron chi connectivity index (χ3n) is 2.90. The summed E-state index contributed by atoms with van der Waals surface area (Å²) in [6.45, 7) is 3.85. The molecule has 2 aromatic heterocycles. The number of hydrogen-bond donors (Lipinski definition) is 1. The first-order valence-corrected chi connectivity index (χ1v) is 8.90. The molecule has 0 aromatic carbocycles. The van der Waals surface area contributed by atoms with Crippen LogP contribution in [-0.4, -0.2) is 45.4 Å². The number of carbonyl (C=O) groups is 2. The van der Waals surface area contributed by atoms with E-state index in [1.807, 2.05) is 0 Å². The van der Waals surface area contributed by atoms with Crippen molar-refractivity contribution in [3.05, 3.63) is 16.0 Å². The Morgan fingerprint density at radius 1 is 1.25 bits per heavy atom. The van der Waals surface area contributed by atoms with Crippen molar-refractivity contribution in [2.75, 3.05) is 18.9 Å². The van der Waals surface area contributed by atoms with Crippen LogP contribution in [0, 0.1) is 0 Å². The molecule has 11 heteroatoms. The fourth-order valence-corrected chi connectivity index (χ4v) is 3.83. The molecule has 0 saturated carbocycles. The maximum atomic E-state index is 12.2. The van der Waals surface area contributed by atoms with E-state index in [1.54, 1.807) is 20.9 Å². The van der Waals surface area contributed by atoms with Crippen molar-refractivity contribution in [1.29, 1.82) is 0 Å². The van der Waals surface area contributed by atoms with Crippen LogP contribution in [0.1, 0.15) is 39.4 Å². The van der Waals surface area contributed by atoms with E-state index >= 15 is 0 Å². The number of nitrogens with zero attached hydrogens (tertiary/aromatic N) is 4. The summed E-state index contributed by atoms with van der Waals surface area (Å²) in [7, 11) is 1.70. The van der Waals surface area contributed by atoms with Gasteiger partial charge in [-0.05, 0) is 24.3 Å². The lowest BCUT2D eigenvalue weighted by Crippen LogP contribution is -2.11. The van der Waals surface area contributed by atoms with Gasteiger partial charge < -0.3 is 15.2 Å². The molecule has 9 nitrogen and oxygen atoms in total. The van der Waals surface area contributed by atoms with Gasteiger partial charge in [-0.3, -0.25) is 0 Å². The van der Waals surface area contributed by atoms with Crippen LogP contribution in [0.5, 0.6) is 0 Å². The maximum Gasteiger partial charge on any atom is 0.348 e. The van der Waals surface area contributed by atoms with E-state index in [4.69, 9.17) is 15.2 Å². The minimum absolute atomic E-state index is 0.201. The van der Waals surface area contributed by atoms with E-state index in [0.29, 0.717) is 15.6 Å². The normalized spacial score (nSPS) is 10.6. The number of nitrogen functional groups attached to an aromatic ring is 1. The molecule has 2 aromatic rings. The SMILES string of the molecule is CCOC(=O)c1sc(N)c(C(=O)OCC)c1CSc1nnnn1C. The predicted octanol–water partition coefficient (Wildman–Crippen LogP) is 1.50. The third kappa shape index (κ3) is 3.85. The Hall–Kier alpha value is -2.14. The van der Waals surface area contributed by atoms with Gasteiger partial charge in [0.1, 0.15) is 9.88 Å². The first-order chi connectivity index (χ1) is 11.5. The lowest BCUT2D eigenvalue weighted by atomic mass is 10.1. The number of thioether (sulfide) groups is 1. The first kappa shape index (κ1) is 18.2. The second-order valence-corrected chi connectivity index (χ2v) is 6.46. The average Bonchev–Trinajstić information content (AvgIpc) is 3.08. The highest BCUT2D eigenvalue weighted by molar-refractivity contribution is 7.98. The van der Waals surface area contributed by atoms with Crippen LogP contribution < -0.4 is 5.73 Å². The maximum absolute atomic E-state index is 12.2. The molecule has 2 rings (SSSR count). The minimum Gasteiger partial charge on any atom is -0.462 e. The van der Waals surface area contributed by atoms with Crippen molar-refractivity contribution in [3.8, 4) is 0 Å². The number of anilines is 1. The van der Waals surface area contributed by atoms with Crippen LogP contribution in [0.25, 0.3) is 0 Å². The molecule has 2 heterocycles. The molecule has 2 N–H and O–H groups in total. The molecule has 0 fully saturated rings. The van der Waals surface area contributed by atoms with Gasteiger partial charge in [0.05, 0.1) is 18.8 Å². The zero-order chi connectivity index (χ0) is 17.7. The number of aromatic nitrogens is 4. The van der Waals surface area contributed by atoms with Crippen LogP contribution in [-0.2, 0) is 22.3 Å². The zero-order valence-electron chi connectivity index (χ0n) is 13.4. The number of aryl methyl sites for hydroxylation is 1. The summed E-state index contributed by atoms with van der Waals surface area (Å²) in [5, 5.41) is 11.9. The second-order valence-electron chi connectivity index (χ2n) is 4.46. The molecule has 0 aliphatic heterocycles. The monoisotopic (exact) mass is 371 g/mol. The molecule has 0 unspecified atom stereocenters. The number of ether oxygens (including phenoxy) is 2. The Bertz CT molecular complexity index is 743. The van der Waals surface area contributed by atoms with E-state index in [0.717, 1.165) is 11.3 Å². The van der Waals surface area contributed by atoms with E-state index in [2.05, 4.69) is 15.5 Å². The molecule has 0 saturated heterocycles. The number of tetrazole rings is 1. The summed E-state index contributed by atoms with van der Waals surface area (Å²) < 4.78 is 11.6. The Morgan fingerprint density at radius 3 is 2.50 bits per heavy atom. The van der Waals surface area contributed by atoms with E-state index in [9.17, 15) is 9.59 Å². The average molecular weight is 371 g/mol. The van der Waals surface area contributed by atoms with Gasteiger partial charge in [-0.2, -0.15) is 0 Å². The van der Waals surface area contributed by atoms with Crippen LogP contribution in [0.3, 0.4) is 0 Å². The molecule has 0 atom stereocenters. The highest BCUT2D eigenvalue weighted by Crippen LogP contribution is 2.36. The highest BCUT2D eigenvalue weighted by atomic mass is 32.2. The number of esters is 2. The van der Waals surface area contributed by atoms with Crippen molar-refractivity contribution in [2.45, 2.75) is 24.8 Å². The predicted molar refractivity (Wildman–Crippen MR) is 89.0 cm³/mol. The Morgan fingerprint density at radius 2 is 1.92 bits per heavy atom. The molecule has 0 radical (unpaired) electrons. The molecule has 0 amide bonds. The summed E-state index contributed by atoms with van der Waals surface area (Å²) in [6.07, 6.45) is 0. The van der Waals surface area contributed by atoms with Gasteiger partial charge >= 0.3 is 11.9 Å². The fourth-order valence-electron chi connectivity index (χ4n) is 1.89. The third-order valence-corrected chi connectivity index (χ3v) is 4.98. The Balaban J connectivity index is 2.37. The van der Waals surface area contributed by atoms with Gasteiger partial charge in [-0.15, -0.1) is 16.4 Å². The summed E-state index contributed by atoms with van der Waals surface area (Å²) >= 11 is 2.30. The van der Waals surface area contributed by atoms with Crippen LogP contribution in [0.15, 0.2) is 5.16 Å². The second kappa shape index (κ2) is 8.11. The van der Waals surface area contributed by atoms with Crippen LogP contribution >= 0.6 is 23.1 Å². The lowest BCUT2D eigenvalue weighted by molar-refractivity contribution is 0.0527. The zero-order valence-corrected chi connectivity index (χ0v) is 15.1. The molecule has 0 spiro atoms. The van der Waals surface area contributed by atoms with Crippen molar-refractivity contribution in [1.82, 2.24) is 20.2 Å². The Labute approximate surface area is 146 Å². The smallest absolute Gasteiger partial charge is 0.348 e. The first-order valence-electron chi connectivity index (χ1n) is 7.10. The van der Waals surface area contributed by atoms with Gasteiger partial charge in [-0.25, -0.2) is 14.3 Å². The van der Waals surface area contributed by atoms with Gasteiger partial charge in [-0.1, -0.05) is 11.8 Å². The van der Waals surface area contributed by atoms with E-state index in [1.165, 1.54) is 16.4 Å². The van der Waals surface area contributed by atoms with Crippen LogP contribution in [0.4, 0.5) is 5.00 Å². The fraction of sp³-hybridized carbons (Fsp3) is 0.462. The number of carbonyl (C=O) groups excluding carboxylic acids is 2. The summed E-state index contributed by atoms with van der Waals surface area (Å²) in [5.74, 6) is -0.797. The number of nitrogens with two attached hydrogens (primary N) is 1. The number of hydrogen-bond acceptors (Lipinski definition) is 10. The molecular formula is C13H17N5O4S2. The molecule has 0 aliphatic rings. The van der Waals surface area contributed by atoms with Crippen molar-refractivity contribution in [2.24, 2.45) is 7.05 Å². The number of thiophene rings is 1. The molecule has 0 bridgehead atoms. The van der Waals surface area contributed by atoms with Gasteiger partial charge in [0.25, 0.3) is 0 Å². The highest BCUT2D eigenvalue weighted by Gasteiger charge is 2.28. The lowest BCUT2D eigenvalue weighted by Gasteiger charge is -2.07. The molecule has 0 aliphatic carbocycles. The topological polar surface area (TPSA) is 122 Å². The molecular weight excluding hydrogens is 354 g/mol. The van der Waals surface area contributed by atoms with Crippen LogP contribution in [0.2, 0.25) is 0 Å². The molecule has 24 heavy (non-hydrogen) atoms. The van der Waals surface area contributed by atoms with Crippen molar-refractivity contribution >= 4 is 40.0 Å². The van der Waals surface area contributed by atoms with E-state index < -0.39 is 11.9 Å². The van der Waals surface area contributed by atoms with E-state index in [-0.39, 0.29) is 29.5 Å². The Kier molecular flexibility index (Phi) is 6.15. The van der Waals surface area contributed by atoms with Gasteiger partial charge in [0.15, 0.2) is 0 Å². The van der Waals surface area contributed by atoms with Crippen molar-refractivity contribution < 1.29 is 19.1 Å². The van der Waals surface area contributed by atoms with Gasteiger partial charge in [0.2, 0.25) is 5.16 Å². The van der Waals surface area contributed by atoms with Crippen molar-refractivity contribution in [3.63, 3.8) is 0 Å². The standard InChI is InChI=1S/C13H17N5O4S2/c1-4-21-11(19)8-7(6-23-13-15-16-17-18(13)3)9(24-10(8)14)12(20)22-5-2/h4-6,14H2,1-3H3. The molecule has 130 valence electrons. The summed E-state index contributed by atoms with van der Waals surface area (Å²) in [6, 6.07) is 0. The summed E-state index contributed by atoms with van der Waals surface area (Å²) in [5.41, 5.74) is 6.62. The largest absolute Gasteiger partial charge is 0.462 e. The quantitative estimate of drug-likeness (QED) is 0.569. The minimum atomic E-state index is -0.562. The van der Waals surface area contributed by atoms with Gasteiger partial charge in [0, 0.05) is 18.4 Å². The number of rotatable bonds is 7. The summed E-state index contributed by atoms with van der Waals surface area (Å²) in [4.78, 5) is 24.7.